The number of rotatable bonds is 4. The van der Waals surface area contributed by atoms with E-state index in [0.717, 1.165) is 20.4 Å². The van der Waals surface area contributed by atoms with Gasteiger partial charge < -0.3 is 9.47 Å². The first-order valence-corrected chi connectivity index (χ1v) is 5.20. The summed E-state index contributed by atoms with van der Waals surface area (Å²) in [7, 11) is 1.91. The van der Waals surface area contributed by atoms with E-state index in [1.165, 1.54) is 0 Å². The SMILES string of the molecule is COC(=O)Cc1ncc(OC)c(C(F)F)c1C(F)(F)F. The highest BCUT2D eigenvalue weighted by Crippen LogP contribution is 2.42. The second-order valence-electron chi connectivity index (χ2n) is 3.61. The van der Waals surface area contributed by atoms with Crippen LogP contribution in [0.1, 0.15) is 23.2 Å². The maximum absolute atomic E-state index is 13.0. The molecule has 0 aliphatic carbocycles. The average molecular weight is 299 g/mol. The largest absolute Gasteiger partial charge is 0.495 e. The van der Waals surface area contributed by atoms with Crippen LogP contribution in [0.2, 0.25) is 0 Å². The molecule has 4 nitrogen and oxygen atoms in total. The summed E-state index contributed by atoms with van der Waals surface area (Å²) in [4.78, 5) is 14.4. The molecule has 1 rings (SSSR count). The Kier molecular flexibility index (Phi) is 4.85. The molecular formula is C11H10F5NO3. The van der Waals surface area contributed by atoms with Crippen LogP contribution in [-0.2, 0) is 22.1 Å². The molecule has 0 unspecified atom stereocenters. The van der Waals surface area contributed by atoms with E-state index < -0.39 is 47.6 Å². The van der Waals surface area contributed by atoms with Gasteiger partial charge in [-0.15, -0.1) is 0 Å². The van der Waals surface area contributed by atoms with Crippen LogP contribution in [0.3, 0.4) is 0 Å². The number of hydrogen-bond acceptors (Lipinski definition) is 4. The van der Waals surface area contributed by atoms with E-state index in [1.54, 1.807) is 0 Å². The predicted octanol–water partition coefficient (Wildman–Crippen LogP) is 2.76. The number of hydrogen-bond donors (Lipinski definition) is 0. The molecule has 0 aromatic carbocycles. The van der Waals surface area contributed by atoms with Gasteiger partial charge in [-0.2, -0.15) is 13.2 Å². The van der Waals surface area contributed by atoms with Crippen molar-refractivity contribution in [3.8, 4) is 5.75 Å². The average Bonchev–Trinajstić information content (AvgIpc) is 2.36. The topological polar surface area (TPSA) is 48.4 Å². The van der Waals surface area contributed by atoms with Gasteiger partial charge in [0.1, 0.15) is 5.75 Å². The Balaban J connectivity index is 3.53. The van der Waals surface area contributed by atoms with Crippen LogP contribution in [0.25, 0.3) is 0 Å². The van der Waals surface area contributed by atoms with E-state index in [0.29, 0.717) is 0 Å². The number of alkyl halides is 5. The lowest BCUT2D eigenvalue weighted by molar-refractivity contribution is -0.142. The summed E-state index contributed by atoms with van der Waals surface area (Å²) in [6.45, 7) is 0. The molecule has 1 aromatic heterocycles. The van der Waals surface area contributed by atoms with Crippen molar-refractivity contribution < 1.29 is 36.2 Å². The van der Waals surface area contributed by atoms with Crippen molar-refractivity contribution in [2.24, 2.45) is 0 Å². The minimum absolute atomic E-state index is 0.694. The molecule has 112 valence electrons. The number of halogens is 5. The number of carbonyl (C=O) groups is 1. The van der Waals surface area contributed by atoms with Crippen LogP contribution in [0.5, 0.6) is 5.75 Å². The van der Waals surface area contributed by atoms with E-state index in [2.05, 4.69) is 14.5 Å². The molecule has 9 heteroatoms. The first-order valence-electron chi connectivity index (χ1n) is 5.20. The van der Waals surface area contributed by atoms with Crippen molar-refractivity contribution in [2.45, 2.75) is 19.0 Å². The van der Waals surface area contributed by atoms with E-state index in [4.69, 9.17) is 0 Å². The molecule has 1 heterocycles. The Morgan fingerprint density at radius 1 is 1.35 bits per heavy atom. The van der Waals surface area contributed by atoms with Gasteiger partial charge in [-0.3, -0.25) is 9.78 Å². The first kappa shape index (κ1) is 16.1. The number of methoxy groups -OCH3 is 2. The molecule has 0 radical (unpaired) electrons. The molecule has 0 aliphatic heterocycles. The Hall–Kier alpha value is -1.93. The van der Waals surface area contributed by atoms with Gasteiger partial charge in [-0.1, -0.05) is 0 Å². The van der Waals surface area contributed by atoms with Crippen LogP contribution in [-0.4, -0.2) is 25.2 Å². The third-order valence-electron chi connectivity index (χ3n) is 2.42. The van der Waals surface area contributed by atoms with Crippen LogP contribution < -0.4 is 4.74 Å². The number of esters is 1. The number of aromatic nitrogens is 1. The fraction of sp³-hybridized carbons (Fsp3) is 0.455. The van der Waals surface area contributed by atoms with Gasteiger partial charge in [-0.05, 0) is 0 Å². The Morgan fingerprint density at radius 2 is 1.95 bits per heavy atom. The van der Waals surface area contributed by atoms with Gasteiger partial charge in [-0.25, -0.2) is 8.78 Å². The standard InChI is InChI=1S/C11H10F5NO3/c1-19-6-4-17-5(3-7(18)20-2)9(11(14,15)16)8(6)10(12)13/h4,10H,3H2,1-2H3. The molecule has 0 spiro atoms. The molecule has 0 fully saturated rings. The zero-order chi connectivity index (χ0) is 15.5. The van der Waals surface area contributed by atoms with Crippen molar-refractivity contribution in [2.75, 3.05) is 14.2 Å². The van der Waals surface area contributed by atoms with Crippen LogP contribution in [0, 0.1) is 0 Å². The zero-order valence-corrected chi connectivity index (χ0v) is 10.4. The monoisotopic (exact) mass is 299 g/mol. The van der Waals surface area contributed by atoms with Gasteiger partial charge in [0.05, 0.1) is 43.7 Å². The highest BCUT2D eigenvalue weighted by Gasteiger charge is 2.41. The van der Waals surface area contributed by atoms with Gasteiger partial charge in [0.25, 0.3) is 6.43 Å². The Morgan fingerprint density at radius 3 is 2.35 bits per heavy atom. The fourth-order valence-electron chi connectivity index (χ4n) is 1.59. The summed E-state index contributed by atoms with van der Waals surface area (Å²) < 4.78 is 73.3. The van der Waals surface area contributed by atoms with E-state index in [1.807, 2.05) is 0 Å². The lowest BCUT2D eigenvalue weighted by atomic mass is 10.0. The van der Waals surface area contributed by atoms with Gasteiger partial charge >= 0.3 is 12.1 Å². The first-order chi connectivity index (χ1) is 9.22. The smallest absolute Gasteiger partial charge is 0.418 e. The quantitative estimate of drug-likeness (QED) is 0.633. The molecule has 0 atom stereocenters. The third kappa shape index (κ3) is 3.34. The van der Waals surface area contributed by atoms with Crippen LogP contribution in [0.4, 0.5) is 22.0 Å². The van der Waals surface area contributed by atoms with Gasteiger partial charge in [0.2, 0.25) is 0 Å². The molecular weight excluding hydrogens is 289 g/mol. The highest BCUT2D eigenvalue weighted by molar-refractivity contribution is 5.72. The van der Waals surface area contributed by atoms with E-state index in [-0.39, 0.29) is 0 Å². The van der Waals surface area contributed by atoms with Crippen molar-refractivity contribution >= 4 is 5.97 Å². The molecule has 0 aliphatic rings. The molecule has 0 saturated carbocycles. The van der Waals surface area contributed by atoms with Crippen LogP contribution >= 0.6 is 0 Å². The summed E-state index contributed by atoms with van der Waals surface area (Å²) in [5.41, 5.74) is -3.84. The van der Waals surface area contributed by atoms with Crippen molar-refractivity contribution in [3.05, 3.63) is 23.0 Å². The Bertz CT molecular complexity index is 502. The predicted molar refractivity (Wildman–Crippen MR) is 56.5 cm³/mol. The van der Waals surface area contributed by atoms with Crippen molar-refractivity contribution in [3.63, 3.8) is 0 Å². The van der Waals surface area contributed by atoms with E-state index >= 15 is 0 Å². The number of nitrogens with zero attached hydrogens (tertiary/aromatic N) is 1. The van der Waals surface area contributed by atoms with E-state index in [9.17, 15) is 26.7 Å². The summed E-state index contributed by atoms with van der Waals surface area (Å²) >= 11 is 0. The Labute approximate surface area is 110 Å². The normalized spacial score (nSPS) is 11.6. The minimum atomic E-state index is -5.10. The summed E-state index contributed by atoms with van der Waals surface area (Å²) in [6, 6.07) is 0. The molecule has 0 N–H and O–H groups in total. The minimum Gasteiger partial charge on any atom is -0.495 e. The van der Waals surface area contributed by atoms with Crippen molar-refractivity contribution in [1.29, 1.82) is 0 Å². The number of carbonyl (C=O) groups excluding carboxylic acids is 1. The molecule has 0 bridgehead atoms. The van der Waals surface area contributed by atoms with Gasteiger partial charge in [0, 0.05) is 0 Å². The lowest BCUT2D eigenvalue weighted by Crippen LogP contribution is -2.18. The summed E-state index contributed by atoms with van der Waals surface area (Å²) in [5.74, 6) is -1.71. The molecule has 1 aromatic rings. The second-order valence-corrected chi connectivity index (χ2v) is 3.61. The zero-order valence-electron chi connectivity index (χ0n) is 10.4. The lowest BCUT2D eigenvalue weighted by Gasteiger charge is -2.18. The van der Waals surface area contributed by atoms with Crippen LogP contribution in [0.15, 0.2) is 6.20 Å². The number of ether oxygens (including phenoxy) is 2. The highest BCUT2D eigenvalue weighted by atomic mass is 19.4. The third-order valence-corrected chi connectivity index (χ3v) is 2.42. The van der Waals surface area contributed by atoms with Gasteiger partial charge in [0.15, 0.2) is 0 Å². The van der Waals surface area contributed by atoms with Crippen molar-refractivity contribution in [1.82, 2.24) is 4.98 Å². The number of pyridine rings is 1. The second kappa shape index (κ2) is 6.02. The molecule has 20 heavy (non-hydrogen) atoms. The maximum atomic E-state index is 13.0. The summed E-state index contributed by atoms with van der Waals surface area (Å²) in [5, 5.41) is 0. The molecule has 0 amide bonds. The fourth-order valence-corrected chi connectivity index (χ4v) is 1.59. The maximum Gasteiger partial charge on any atom is 0.418 e. The summed E-state index contributed by atoms with van der Waals surface area (Å²) in [6.07, 6.45) is -8.68. The molecule has 0 saturated heterocycles.